The van der Waals surface area contributed by atoms with Crippen LogP contribution < -0.4 is 0 Å². The summed E-state index contributed by atoms with van der Waals surface area (Å²) in [6.07, 6.45) is 21.9. The molecule has 1 unspecified atom stereocenters. The third kappa shape index (κ3) is 21.4. The van der Waals surface area contributed by atoms with Crippen LogP contribution in [0.25, 0.3) is 0 Å². The fourth-order valence-corrected chi connectivity index (χ4v) is 6.33. The van der Waals surface area contributed by atoms with Crippen LogP contribution in [0.3, 0.4) is 0 Å². The summed E-state index contributed by atoms with van der Waals surface area (Å²) in [6.45, 7) is 6.35. The van der Waals surface area contributed by atoms with Gasteiger partial charge in [0.1, 0.15) is 19.3 Å². The summed E-state index contributed by atoms with van der Waals surface area (Å²) in [7, 11) is 0. The summed E-state index contributed by atoms with van der Waals surface area (Å²) in [5.74, 6) is -0.0334. The number of esters is 2. The first-order valence-corrected chi connectivity index (χ1v) is 18.9. The molecule has 1 saturated carbocycles. The molecule has 0 amide bonds. The zero-order chi connectivity index (χ0) is 34.0. The number of hydrogen-bond acceptors (Lipinski definition) is 8. The maximum Gasteiger partial charge on any atom is 0.305 e. The van der Waals surface area contributed by atoms with Crippen molar-refractivity contribution in [2.24, 2.45) is 17.8 Å². The number of hydrogen-bond donors (Lipinski definition) is 4. The van der Waals surface area contributed by atoms with Crippen LogP contribution in [0.5, 0.6) is 0 Å². The molecule has 8 heteroatoms. The molecule has 1 rings (SSSR count). The Morgan fingerprint density at radius 3 is 1.80 bits per heavy atom. The number of ether oxygens (including phenoxy) is 2. The zero-order valence-electron chi connectivity index (χ0n) is 29.6. The van der Waals surface area contributed by atoms with Gasteiger partial charge >= 0.3 is 11.9 Å². The molecule has 0 spiro atoms. The number of aliphatic hydroxyl groups excluding tert-OH is 4. The quantitative estimate of drug-likeness (QED) is 0.0369. The van der Waals surface area contributed by atoms with E-state index >= 15 is 0 Å². The molecule has 0 aromatic carbocycles. The van der Waals surface area contributed by atoms with E-state index in [4.69, 9.17) is 9.47 Å². The smallest absolute Gasteiger partial charge is 0.305 e. The van der Waals surface area contributed by atoms with Crippen molar-refractivity contribution in [3.63, 3.8) is 0 Å². The second-order valence-corrected chi connectivity index (χ2v) is 13.9. The largest absolute Gasteiger partial charge is 0.463 e. The minimum atomic E-state index is -1.03. The molecule has 0 saturated heterocycles. The highest BCUT2D eigenvalue weighted by atomic mass is 16.6. The molecule has 0 heterocycles. The van der Waals surface area contributed by atoms with Gasteiger partial charge in [-0.25, -0.2) is 0 Å². The predicted octanol–water partition coefficient (Wildman–Crippen LogP) is 7.58. The van der Waals surface area contributed by atoms with Crippen molar-refractivity contribution in [3.8, 4) is 0 Å². The molecule has 1 aliphatic rings. The number of unbranched alkanes of at least 4 members (excludes halogenated alkanes) is 12. The summed E-state index contributed by atoms with van der Waals surface area (Å²) in [5, 5.41) is 41.1. The van der Waals surface area contributed by atoms with Crippen LogP contribution in [0, 0.1) is 17.8 Å². The molecular weight excluding hydrogens is 584 g/mol. The molecule has 8 nitrogen and oxygen atoms in total. The lowest BCUT2D eigenvalue weighted by molar-refractivity contribution is -0.152. The van der Waals surface area contributed by atoms with Crippen LogP contribution >= 0.6 is 0 Å². The third-order valence-corrected chi connectivity index (χ3v) is 9.64. The van der Waals surface area contributed by atoms with E-state index < -0.39 is 24.4 Å². The Labute approximate surface area is 280 Å². The monoisotopic (exact) mass is 655 g/mol. The molecule has 0 aromatic rings. The lowest BCUT2D eigenvalue weighted by Crippen LogP contribution is -2.25. The summed E-state index contributed by atoms with van der Waals surface area (Å²) < 4.78 is 10.3. The number of carbonyl (C=O) groups is 2. The van der Waals surface area contributed by atoms with E-state index in [1.807, 2.05) is 6.08 Å². The minimum absolute atomic E-state index is 0.0291. The molecule has 7 atom stereocenters. The summed E-state index contributed by atoms with van der Waals surface area (Å²) >= 11 is 0. The molecule has 46 heavy (non-hydrogen) atoms. The topological polar surface area (TPSA) is 134 Å². The number of carbonyl (C=O) groups excluding carboxylic acids is 2. The van der Waals surface area contributed by atoms with Crippen molar-refractivity contribution < 1.29 is 39.5 Å². The molecule has 4 N–H and O–H groups in total. The fourth-order valence-electron chi connectivity index (χ4n) is 6.33. The highest BCUT2D eigenvalue weighted by Crippen LogP contribution is 2.37. The van der Waals surface area contributed by atoms with Crippen molar-refractivity contribution in [2.45, 2.75) is 186 Å². The van der Waals surface area contributed by atoms with Crippen molar-refractivity contribution in [2.75, 3.05) is 13.2 Å². The molecular formula is C38H70O8. The van der Waals surface area contributed by atoms with Gasteiger partial charge in [-0.15, -0.1) is 0 Å². The van der Waals surface area contributed by atoms with E-state index in [1.165, 1.54) is 44.9 Å². The van der Waals surface area contributed by atoms with Crippen LogP contribution in [0.4, 0.5) is 0 Å². The second kappa shape index (κ2) is 27.5. The van der Waals surface area contributed by atoms with E-state index in [2.05, 4.69) is 20.8 Å². The maximum atomic E-state index is 12.1. The van der Waals surface area contributed by atoms with Gasteiger partial charge < -0.3 is 29.9 Å². The summed E-state index contributed by atoms with van der Waals surface area (Å²) in [4.78, 5) is 24.0. The standard InChI is InChI=1S/C38H70O8/c1-4-6-15-21-31(39)25-26-34-33(35(41)27-36(34)42)22-17-13-14-19-24-38(44)46-29-32(40)28-45-37(43)23-18-12-10-8-7-9-11-16-20-30(3)5-2/h25-26,30-36,39-42H,4-24,27-29H2,1-3H3/b26-25+/t30?,31-,32-,33+,34+,35-,36+/m0/s1. The Bertz CT molecular complexity index is 787. The molecule has 0 aromatic heterocycles. The van der Waals surface area contributed by atoms with Gasteiger partial charge in [-0.2, -0.15) is 0 Å². The predicted molar refractivity (Wildman–Crippen MR) is 184 cm³/mol. The first-order chi connectivity index (χ1) is 22.2. The normalized spacial score (nSPS) is 21.8. The molecule has 270 valence electrons. The van der Waals surface area contributed by atoms with Crippen molar-refractivity contribution in [3.05, 3.63) is 12.2 Å². The van der Waals surface area contributed by atoms with Gasteiger partial charge in [0, 0.05) is 25.2 Å². The van der Waals surface area contributed by atoms with E-state index in [1.54, 1.807) is 6.08 Å². The first kappa shape index (κ1) is 42.5. The minimum Gasteiger partial charge on any atom is -0.463 e. The van der Waals surface area contributed by atoms with Crippen molar-refractivity contribution in [1.29, 1.82) is 0 Å². The average molecular weight is 655 g/mol. The van der Waals surface area contributed by atoms with Gasteiger partial charge in [0.25, 0.3) is 0 Å². The van der Waals surface area contributed by atoms with E-state index in [0.29, 0.717) is 25.7 Å². The first-order valence-electron chi connectivity index (χ1n) is 18.9. The highest BCUT2D eigenvalue weighted by molar-refractivity contribution is 5.69. The van der Waals surface area contributed by atoms with Gasteiger partial charge in [0.2, 0.25) is 0 Å². The Balaban J connectivity index is 2.05. The number of rotatable bonds is 29. The third-order valence-electron chi connectivity index (χ3n) is 9.64. The molecule has 1 aliphatic carbocycles. The van der Waals surface area contributed by atoms with Crippen LogP contribution in [-0.4, -0.2) is 70.0 Å². The van der Waals surface area contributed by atoms with Gasteiger partial charge in [-0.1, -0.05) is 129 Å². The van der Waals surface area contributed by atoms with Gasteiger partial charge in [-0.05, 0) is 37.5 Å². The highest BCUT2D eigenvalue weighted by Gasteiger charge is 2.39. The Kier molecular flexibility index (Phi) is 25.4. The molecule has 1 fully saturated rings. The lowest BCUT2D eigenvalue weighted by Gasteiger charge is -2.21. The fraction of sp³-hybridized carbons (Fsp3) is 0.895. The molecule has 0 aliphatic heterocycles. The number of aliphatic hydroxyl groups is 4. The van der Waals surface area contributed by atoms with Gasteiger partial charge in [0.15, 0.2) is 0 Å². The molecule has 0 bridgehead atoms. The van der Waals surface area contributed by atoms with E-state index in [0.717, 1.165) is 70.1 Å². The Morgan fingerprint density at radius 1 is 0.717 bits per heavy atom. The maximum absolute atomic E-state index is 12.1. The second-order valence-electron chi connectivity index (χ2n) is 13.9. The van der Waals surface area contributed by atoms with Crippen LogP contribution in [0.15, 0.2) is 12.2 Å². The lowest BCUT2D eigenvalue weighted by atomic mass is 9.88. The van der Waals surface area contributed by atoms with E-state index in [-0.39, 0.29) is 43.4 Å². The van der Waals surface area contributed by atoms with Crippen LogP contribution in [-0.2, 0) is 19.1 Å². The van der Waals surface area contributed by atoms with E-state index in [9.17, 15) is 30.0 Å². The van der Waals surface area contributed by atoms with Crippen LogP contribution in [0.1, 0.15) is 162 Å². The summed E-state index contributed by atoms with van der Waals surface area (Å²) in [5.41, 5.74) is 0. The van der Waals surface area contributed by atoms with Gasteiger partial charge in [-0.3, -0.25) is 9.59 Å². The van der Waals surface area contributed by atoms with Crippen molar-refractivity contribution in [1.82, 2.24) is 0 Å². The van der Waals surface area contributed by atoms with Crippen molar-refractivity contribution >= 4 is 11.9 Å². The summed E-state index contributed by atoms with van der Waals surface area (Å²) in [6, 6.07) is 0. The Morgan fingerprint density at radius 2 is 1.24 bits per heavy atom. The SMILES string of the molecule is CCCCC[C@H](O)/C=C/[C@@H]1[C@@H](CCCCCCC(=O)OC[C@@H](O)COC(=O)CCCCCCCCCCC(C)CC)[C@@H](O)C[C@H]1O. The molecule has 0 radical (unpaired) electrons. The Hall–Kier alpha value is -1.48. The average Bonchev–Trinajstić information content (AvgIpc) is 3.31. The van der Waals surface area contributed by atoms with Gasteiger partial charge in [0.05, 0.1) is 18.3 Å². The van der Waals surface area contributed by atoms with Crippen LogP contribution in [0.2, 0.25) is 0 Å². The zero-order valence-corrected chi connectivity index (χ0v) is 29.6.